The van der Waals surface area contributed by atoms with E-state index in [0.29, 0.717) is 25.5 Å². The second kappa shape index (κ2) is 7.78. The Morgan fingerprint density at radius 2 is 1.96 bits per heavy atom. The van der Waals surface area contributed by atoms with Gasteiger partial charge in [-0.15, -0.1) is 0 Å². The van der Waals surface area contributed by atoms with Gasteiger partial charge in [0.05, 0.1) is 10.2 Å². The maximum absolute atomic E-state index is 12.8. The number of H-pyrrole nitrogens is 1. The van der Waals surface area contributed by atoms with E-state index >= 15 is 0 Å². The van der Waals surface area contributed by atoms with E-state index in [1.165, 1.54) is 5.56 Å². The van der Waals surface area contributed by atoms with E-state index in [1.807, 2.05) is 6.07 Å². The number of nitrogens with zero attached hydrogens (tertiary/aromatic N) is 1. The Kier molecular flexibility index (Phi) is 5.36. The van der Waals surface area contributed by atoms with Gasteiger partial charge in [0.25, 0.3) is 5.91 Å². The molecule has 1 aromatic heterocycles. The van der Waals surface area contributed by atoms with E-state index in [2.05, 4.69) is 57.4 Å². The summed E-state index contributed by atoms with van der Waals surface area (Å²) in [6, 6.07) is 6.20. The fraction of sp³-hybridized carbons (Fsp3) is 0.524. The van der Waals surface area contributed by atoms with Crippen LogP contribution in [0.5, 0.6) is 11.5 Å². The Morgan fingerprint density at radius 1 is 1.25 bits per heavy atom. The normalized spacial score (nSPS) is 17.7. The monoisotopic (exact) mass is 447 g/mol. The second-order valence-electron chi connectivity index (χ2n) is 7.98. The van der Waals surface area contributed by atoms with Crippen LogP contribution in [0.4, 0.5) is 0 Å². The van der Waals surface area contributed by atoms with Crippen molar-refractivity contribution >= 4 is 21.8 Å². The quantitative estimate of drug-likeness (QED) is 0.715. The molecule has 1 aliphatic carbocycles. The zero-order valence-electron chi connectivity index (χ0n) is 16.3. The molecule has 1 saturated carbocycles. The van der Waals surface area contributed by atoms with E-state index in [0.717, 1.165) is 47.3 Å². The summed E-state index contributed by atoms with van der Waals surface area (Å²) in [4.78, 5) is 12.8. The van der Waals surface area contributed by atoms with Crippen molar-refractivity contribution in [1.82, 2.24) is 15.5 Å². The molecule has 6 nitrogen and oxygen atoms in total. The lowest BCUT2D eigenvalue weighted by atomic mass is 9.78. The van der Waals surface area contributed by atoms with Gasteiger partial charge < -0.3 is 14.8 Å². The van der Waals surface area contributed by atoms with Gasteiger partial charge in [0.1, 0.15) is 13.2 Å². The van der Waals surface area contributed by atoms with Crippen molar-refractivity contribution in [3.63, 3.8) is 0 Å². The summed E-state index contributed by atoms with van der Waals surface area (Å²) in [5, 5.41) is 10.3. The highest BCUT2D eigenvalue weighted by Crippen LogP contribution is 2.44. The number of ether oxygens (including phenoxy) is 2. The largest absolute Gasteiger partial charge is 0.486 e. The third kappa shape index (κ3) is 3.52. The lowest BCUT2D eigenvalue weighted by Gasteiger charge is -2.31. The first kappa shape index (κ1) is 19.3. The van der Waals surface area contributed by atoms with Crippen LogP contribution in [0.25, 0.3) is 0 Å². The highest BCUT2D eigenvalue weighted by atomic mass is 79.9. The molecule has 150 valence electrons. The van der Waals surface area contributed by atoms with E-state index in [4.69, 9.17) is 9.47 Å². The maximum Gasteiger partial charge on any atom is 0.272 e. The number of hydrogen-bond acceptors (Lipinski definition) is 4. The minimum absolute atomic E-state index is 0.0742. The summed E-state index contributed by atoms with van der Waals surface area (Å²) in [6.45, 7) is 5.88. The van der Waals surface area contributed by atoms with Crippen LogP contribution in [0.1, 0.15) is 67.2 Å². The topological polar surface area (TPSA) is 76.2 Å². The molecule has 2 aromatic rings. The van der Waals surface area contributed by atoms with Crippen molar-refractivity contribution in [1.29, 1.82) is 0 Å². The first-order valence-electron chi connectivity index (χ1n) is 9.92. The number of rotatable bonds is 5. The van der Waals surface area contributed by atoms with Crippen molar-refractivity contribution in [3.8, 4) is 11.5 Å². The number of benzene rings is 1. The number of amides is 1. The molecule has 2 heterocycles. The highest BCUT2D eigenvalue weighted by molar-refractivity contribution is 9.10. The number of carbonyl (C=O) groups excluding carboxylic acids is 1. The van der Waals surface area contributed by atoms with E-state index < -0.39 is 0 Å². The standard InChI is InChI=1S/C21H26BrN3O3/c1-13(2)18-17(22)19(25-24-18)20(26)23-12-21(7-3-4-8-21)14-5-6-15-16(11-14)28-10-9-27-15/h5-6,11,13H,3-4,7-10,12H2,1-2H3,(H,23,26)(H,24,25). The van der Waals surface area contributed by atoms with Crippen LogP contribution in [0.15, 0.2) is 22.7 Å². The molecular formula is C21H26BrN3O3. The molecule has 28 heavy (non-hydrogen) atoms. The molecule has 0 spiro atoms. The van der Waals surface area contributed by atoms with Gasteiger partial charge >= 0.3 is 0 Å². The van der Waals surface area contributed by atoms with E-state index in [1.54, 1.807) is 0 Å². The Morgan fingerprint density at radius 3 is 2.64 bits per heavy atom. The summed E-state index contributed by atoms with van der Waals surface area (Å²) in [7, 11) is 0. The van der Waals surface area contributed by atoms with Gasteiger partial charge in [-0.3, -0.25) is 9.89 Å². The van der Waals surface area contributed by atoms with Gasteiger partial charge in [-0.2, -0.15) is 5.10 Å². The molecule has 0 bridgehead atoms. The average molecular weight is 448 g/mol. The maximum atomic E-state index is 12.8. The Bertz CT molecular complexity index is 872. The molecule has 0 saturated heterocycles. The smallest absolute Gasteiger partial charge is 0.272 e. The molecule has 2 N–H and O–H groups in total. The predicted molar refractivity (Wildman–Crippen MR) is 110 cm³/mol. The van der Waals surface area contributed by atoms with Crippen LogP contribution < -0.4 is 14.8 Å². The molecule has 1 aliphatic heterocycles. The minimum atomic E-state index is -0.154. The molecule has 0 unspecified atom stereocenters. The number of hydrogen-bond donors (Lipinski definition) is 2. The van der Waals surface area contributed by atoms with Gasteiger partial charge in [-0.05, 0) is 52.4 Å². The molecular weight excluding hydrogens is 422 g/mol. The highest BCUT2D eigenvalue weighted by Gasteiger charge is 2.37. The summed E-state index contributed by atoms with van der Waals surface area (Å²) >= 11 is 3.52. The molecule has 2 aliphatic rings. The number of aromatic amines is 1. The van der Waals surface area contributed by atoms with Crippen LogP contribution in [0, 0.1) is 0 Å². The van der Waals surface area contributed by atoms with Gasteiger partial charge in [0, 0.05) is 12.0 Å². The summed E-state index contributed by atoms with van der Waals surface area (Å²) in [6.07, 6.45) is 4.42. The van der Waals surface area contributed by atoms with Crippen LogP contribution in [-0.4, -0.2) is 35.9 Å². The van der Waals surface area contributed by atoms with Crippen molar-refractivity contribution < 1.29 is 14.3 Å². The zero-order valence-corrected chi connectivity index (χ0v) is 17.9. The fourth-order valence-electron chi connectivity index (χ4n) is 4.20. The number of carbonyl (C=O) groups is 1. The molecule has 1 aromatic carbocycles. The van der Waals surface area contributed by atoms with Gasteiger partial charge in [-0.25, -0.2) is 0 Å². The molecule has 1 amide bonds. The number of nitrogens with one attached hydrogen (secondary N) is 2. The summed E-state index contributed by atoms with van der Waals surface area (Å²) in [5.41, 5.74) is 2.49. The predicted octanol–water partition coefficient (Wildman–Crippen LogP) is 4.31. The minimum Gasteiger partial charge on any atom is -0.486 e. The summed E-state index contributed by atoms with van der Waals surface area (Å²) in [5.74, 6) is 1.72. The van der Waals surface area contributed by atoms with Gasteiger partial charge in [0.2, 0.25) is 0 Å². The number of fused-ring (bicyclic) bond motifs is 1. The Hall–Kier alpha value is -2.02. The molecule has 4 rings (SSSR count). The van der Waals surface area contributed by atoms with E-state index in [-0.39, 0.29) is 17.2 Å². The Balaban J connectivity index is 1.53. The zero-order chi connectivity index (χ0) is 19.7. The van der Waals surface area contributed by atoms with Crippen LogP contribution in [-0.2, 0) is 5.41 Å². The van der Waals surface area contributed by atoms with Gasteiger partial charge in [0.15, 0.2) is 17.2 Å². The molecule has 0 radical (unpaired) electrons. The first-order chi connectivity index (χ1) is 13.5. The lowest BCUT2D eigenvalue weighted by molar-refractivity contribution is 0.0937. The van der Waals surface area contributed by atoms with Crippen molar-refractivity contribution in [2.75, 3.05) is 19.8 Å². The van der Waals surface area contributed by atoms with Crippen LogP contribution in [0.2, 0.25) is 0 Å². The average Bonchev–Trinajstić information content (AvgIpc) is 3.33. The van der Waals surface area contributed by atoms with Gasteiger partial charge in [-0.1, -0.05) is 32.8 Å². The molecule has 0 atom stereocenters. The number of aromatic nitrogens is 2. The SMILES string of the molecule is CC(C)c1[nH]nc(C(=O)NCC2(c3ccc4c(c3)OCCO4)CCCC2)c1Br. The van der Waals surface area contributed by atoms with Crippen LogP contribution in [0.3, 0.4) is 0 Å². The van der Waals surface area contributed by atoms with E-state index in [9.17, 15) is 4.79 Å². The lowest BCUT2D eigenvalue weighted by Crippen LogP contribution is -2.39. The third-order valence-electron chi connectivity index (χ3n) is 5.83. The first-order valence-corrected chi connectivity index (χ1v) is 10.7. The Labute approximate surface area is 173 Å². The summed E-state index contributed by atoms with van der Waals surface area (Å²) < 4.78 is 12.2. The third-order valence-corrected chi connectivity index (χ3v) is 6.63. The van der Waals surface area contributed by atoms with Crippen molar-refractivity contribution in [3.05, 3.63) is 39.6 Å². The fourth-order valence-corrected chi connectivity index (χ4v) is 5.02. The molecule has 1 fully saturated rings. The second-order valence-corrected chi connectivity index (χ2v) is 8.78. The number of halogens is 1. The molecule has 7 heteroatoms. The van der Waals surface area contributed by atoms with Crippen molar-refractivity contribution in [2.45, 2.75) is 50.9 Å². The van der Waals surface area contributed by atoms with Crippen molar-refractivity contribution in [2.24, 2.45) is 0 Å². The van der Waals surface area contributed by atoms with Crippen LogP contribution >= 0.6 is 15.9 Å².